The summed E-state index contributed by atoms with van der Waals surface area (Å²) in [6.45, 7) is 3.23. The summed E-state index contributed by atoms with van der Waals surface area (Å²) in [4.78, 5) is 26.2. The van der Waals surface area contributed by atoms with Crippen LogP contribution in [-0.4, -0.2) is 52.3 Å². The quantitative estimate of drug-likeness (QED) is 0.834. The first-order valence-corrected chi connectivity index (χ1v) is 7.37. The monoisotopic (exact) mass is 292 g/mol. The van der Waals surface area contributed by atoms with Crippen LogP contribution in [0.15, 0.2) is 12.3 Å². The van der Waals surface area contributed by atoms with Crippen molar-refractivity contribution >= 4 is 11.8 Å². The standard InChI is InChI=1S/C14H20N4O3/c1-2-21-9-13(19)17-7-11-5-6-15-18(11)12(8-17)14(20)16-10-3-4-10/h5-6,10,12H,2-4,7-9H2,1H3,(H,16,20)/t12-/m1/s1. The Kier molecular flexibility index (Phi) is 3.92. The Balaban J connectivity index is 1.73. The van der Waals surface area contributed by atoms with E-state index in [1.54, 1.807) is 15.8 Å². The molecule has 1 aromatic rings. The second kappa shape index (κ2) is 5.85. The smallest absolute Gasteiger partial charge is 0.249 e. The highest BCUT2D eigenvalue weighted by molar-refractivity contribution is 5.83. The number of nitrogens with zero attached hydrogens (tertiary/aromatic N) is 3. The molecule has 1 N–H and O–H groups in total. The van der Waals surface area contributed by atoms with E-state index in [0.717, 1.165) is 18.5 Å². The van der Waals surface area contributed by atoms with Crippen molar-refractivity contribution in [3.05, 3.63) is 18.0 Å². The van der Waals surface area contributed by atoms with Crippen LogP contribution < -0.4 is 5.32 Å². The minimum atomic E-state index is -0.449. The number of carbonyl (C=O) groups is 2. The van der Waals surface area contributed by atoms with Gasteiger partial charge in [0, 0.05) is 18.8 Å². The van der Waals surface area contributed by atoms with Crippen molar-refractivity contribution in [2.45, 2.75) is 38.4 Å². The molecule has 1 atom stereocenters. The topological polar surface area (TPSA) is 76.5 Å². The fourth-order valence-electron chi connectivity index (χ4n) is 2.48. The lowest BCUT2D eigenvalue weighted by atomic mass is 10.1. The molecule has 7 heteroatoms. The zero-order chi connectivity index (χ0) is 14.8. The number of aromatic nitrogens is 2. The molecule has 1 aromatic heterocycles. The van der Waals surface area contributed by atoms with Gasteiger partial charge in [-0.2, -0.15) is 5.10 Å². The van der Waals surface area contributed by atoms with Crippen molar-refractivity contribution in [2.75, 3.05) is 19.8 Å². The van der Waals surface area contributed by atoms with Crippen LogP contribution in [0.4, 0.5) is 0 Å². The van der Waals surface area contributed by atoms with Gasteiger partial charge < -0.3 is 15.0 Å². The molecule has 0 saturated heterocycles. The normalized spacial score (nSPS) is 21.0. The summed E-state index contributed by atoms with van der Waals surface area (Å²) < 4.78 is 6.90. The van der Waals surface area contributed by atoms with Crippen molar-refractivity contribution in [3.63, 3.8) is 0 Å². The van der Waals surface area contributed by atoms with E-state index >= 15 is 0 Å². The summed E-state index contributed by atoms with van der Waals surface area (Å²) in [6.07, 6.45) is 3.75. The Morgan fingerprint density at radius 1 is 1.48 bits per heavy atom. The van der Waals surface area contributed by atoms with Crippen LogP contribution >= 0.6 is 0 Å². The van der Waals surface area contributed by atoms with E-state index in [0.29, 0.717) is 25.7 Å². The van der Waals surface area contributed by atoms with Crippen molar-refractivity contribution < 1.29 is 14.3 Å². The van der Waals surface area contributed by atoms with Crippen molar-refractivity contribution in [1.82, 2.24) is 20.0 Å². The van der Waals surface area contributed by atoms with Gasteiger partial charge in [-0.05, 0) is 25.8 Å². The molecule has 21 heavy (non-hydrogen) atoms. The molecule has 3 rings (SSSR count). The second-order valence-electron chi connectivity index (χ2n) is 5.48. The van der Waals surface area contributed by atoms with Gasteiger partial charge in [-0.3, -0.25) is 14.3 Å². The number of hydrogen-bond acceptors (Lipinski definition) is 4. The highest BCUT2D eigenvalue weighted by Crippen LogP contribution is 2.24. The van der Waals surface area contributed by atoms with Gasteiger partial charge >= 0.3 is 0 Å². The van der Waals surface area contributed by atoms with Gasteiger partial charge in [0.25, 0.3) is 0 Å². The molecule has 0 bridgehead atoms. The number of rotatable bonds is 5. The van der Waals surface area contributed by atoms with E-state index in [1.807, 2.05) is 13.0 Å². The minimum Gasteiger partial charge on any atom is -0.372 e. The van der Waals surface area contributed by atoms with Crippen LogP contribution in [0.1, 0.15) is 31.5 Å². The maximum atomic E-state index is 12.4. The average Bonchev–Trinajstić information content (AvgIpc) is 3.16. The predicted molar refractivity (Wildman–Crippen MR) is 74.3 cm³/mol. The van der Waals surface area contributed by atoms with Gasteiger partial charge in [0.05, 0.1) is 18.8 Å². The van der Waals surface area contributed by atoms with E-state index in [1.165, 1.54) is 0 Å². The molecular formula is C14H20N4O3. The van der Waals surface area contributed by atoms with Crippen LogP contribution in [-0.2, 0) is 20.9 Å². The second-order valence-corrected chi connectivity index (χ2v) is 5.48. The molecule has 2 heterocycles. The number of amides is 2. The first kappa shape index (κ1) is 14.1. The molecule has 2 amide bonds. The molecule has 0 radical (unpaired) electrons. The zero-order valence-electron chi connectivity index (χ0n) is 12.1. The Bertz CT molecular complexity index is 538. The minimum absolute atomic E-state index is 0.0571. The molecule has 0 unspecified atom stereocenters. The molecule has 0 spiro atoms. The molecule has 114 valence electrons. The first-order chi connectivity index (χ1) is 10.2. The SMILES string of the molecule is CCOCC(=O)N1Cc2ccnn2[C@@H](C(=O)NC2CC2)C1. The summed E-state index contributed by atoms with van der Waals surface area (Å²) in [5.41, 5.74) is 0.877. The summed E-state index contributed by atoms with van der Waals surface area (Å²) in [7, 11) is 0. The van der Waals surface area contributed by atoms with Crippen LogP contribution in [0.3, 0.4) is 0 Å². The lowest BCUT2D eigenvalue weighted by Gasteiger charge is -2.33. The predicted octanol–water partition coefficient (Wildman–Crippen LogP) is 0.0815. The maximum absolute atomic E-state index is 12.4. The van der Waals surface area contributed by atoms with Crippen LogP contribution in [0, 0.1) is 0 Å². The van der Waals surface area contributed by atoms with Gasteiger partial charge in [-0.1, -0.05) is 0 Å². The number of nitrogens with one attached hydrogen (secondary N) is 1. The maximum Gasteiger partial charge on any atom is 0.249 e. The Hall–Kier alpha value is -1.89. The lowest BCUT2D eigenvalue weighted by molar-refractivity contribution is -0.139. The van der Waals surface area contributed by atoms with Gasteiger partial charge in [-0.25, -0.2) is 0 Å². The van der Waals surface area contributed by atoms with Crippen LogP contribution in [0.25, 0.3) is 0 Å². The molecule has 2 aliphatic rings. The molecule has 0 aromatic carbocycles. The Morgan fingerprint density at radius 3 is 3.00 bits per heavy atom. The fourth-order valence-corrected chi connectivity index (χ4v) is 2.48. The third kappa shape index (κ3) is 3.07. The van der Waals surface area contributed by atoms with Gasteiger partial charge in [0.2, 0.25) is 11.8 Å². The lowest BCUT2D eigenvalue weighted by Crippen LogP contribution is -2.48. The average molecular weight is 292 g/mol. The number of fused-ring (bicyclic) bond motifs is 1. The summed E-state index contributed by atoms with van der Waals surface area (Å²) in [5, 5.41) is 7.22. The third-order valence-electron chi connectivity index (χ3n) is 3.80. The van der Waals surface area contributed by atoms with E-state index in [2.05, 4.69) is 10.4 Å². The third-order valence-corrected chi connectivity index (χ3v) is 3.80. The highest BCUT2D eigenvalue weighted by Gasteiger charge is 2.35. The van der Waals surface area contributed by atoms with Crippen molar-refractivity contribution in [3.8, 4) is 0 Å². The molecule has 1 fully saturated rings. The molecule has 7 nitrogen and oxygen atoms in total. The van der Waals surface area contributed by atoms with Crippen LogP contribution in [0.5, 0.6) is 0 Å². The molecule has 1 saturated carbocycles. The zero-order valence-corrected chi connectivity index (χ0v) is 12.1. The highest BCUT2D eigenvalue weighted by atomic mass is 16.5. The van der Waals surface area contributed by atoms with Gasteiger partial charge in [0.15, 0.2) is 0 Å². The molecular weight excluding hydrogens is 272 g/mol. The van der Waals surface area contributed by atoms with E-state index in [9.17, 15) is 9.59 Å². The van der Waals surface area contributed by atoms with Crippen molar-refractivity contribution in [2.24, 2.45) is 0 Å². The fraction of sp³-hybridized carbons (Fsp3) is 0.643. The molecule has 1 aliphatic carbocycles. The van der Waals surface area contributed by atoms with E-state index in [-0.39, 0.29) is 18.4 Å². The Labute approximate surface area is 123 Å². The Morgan fingerprint density at radius 2 is 2.29 bits per heavy atom. The summed E-state index contributed by atoms with van der Waals surface area (Å²) >= 11 is 0. The number of hydrogen-bond donors (Lipinski definition) is 1. The number of ether oxygens (including phenoxy) is 1. The summed E-state index contributed by atoms with van der Waals surface area (Å²) in [5.74, 6) is -0.148. The van der Waals surface area contributed by atoms with E-state index < -0.39 is 6.04 Å². The van der Waals surface area contributed by atoms with Gasteiger partial charge in [-0.15, -0.1) is 0 Å². The van der Waals surface area contributed by atoms with E-state index in [4.69, 9.17) is 4.74 Å². The van der Waals surface area contributed by atoms with Crippen molar-refractivity contribution in [1.29, 1.82) is 0 Å². The first-order valence-electron chi connectivity index (χ1n) is 7.37. The van der Waals surface area contributed by atoms with Crippen LogP contribution in [0.2, 0.25) is 0 Å². The summed E-state index contributed by atoms with van der Waals surface area (Å²) in [6, 6.07) is 1.69. The number of carbonyl (C=O) groups excluding carboxylic acids is 2. The largest absolute Gasteiger partial charge is 0.372 e. The van der Waals surface area contributed by atoms with Gasteiger partial charge in [0.1, 0.15) is 12.6 Å². The molecule has 1 aliphatic heterocycles.